The van der Waals surface area contributed by atoms with Gasteiger partial charge in [0.25, 0.3) is 0 Å². The lowest BCUT2D eigenvalue weighted by molar-refractivity contribution is -0.0893. The van der Waals surface area contributed by atoms with Crippen LogP contribution in [0.3, 0.4) is 0 Å². The zero-order valence-electron chi connectivity index (χ0n) is 19.3. The standard InChI is InChI=1S/C27H31BNO2/c1-25(2)21-11-7-9-13-23(21)29(24-14-10-8-12-22(24)25)20-17-15-19(16-18-20)28-31-27(5,6)26(3,4)30/h7-18,30H,1-6H3. The number of benzene rings is 3. The van der Waals surface area contributed by atoms with Gasteiger partial charge in [-0.1, -0.05) is 67.8 Å². The third-order valence-electron chi connectivity index (χ3n) is 6.75. The molecule has 0 atom stereocenters. The van der Waals surface area contributed by atoms with E-state index in [2.05, 4.69) is 91.5 Å². The van der Waals surface area contributed by atoms with Crippen LogP contribution in [0.4, 0.5) is 17.1 Å². The maximum absolute atomic E-state index is 10.3. The molecule has 0 spiro atoms. The van der Waals surface area contributed by atoms with Crippen LogP contribution in [0.1, 0.15) is 52.7 Å². The fourth-order valence-electron chi connectivity index (χ4n) is 4.01. The maximum Gasteiger partial charge on any atom is 0.330 e. The van der Waals surface area contributed by atoms with Gasteiger partial charge in [-0.3, -0.25) is 0 Å². The molecule has 0 amide bonds. The van der Waals surface area contributed by atoms with E-state index < -0.39 is 11.2 Å². The fraction of sp³-hybridized carbons (Fsp3) is 0.333. The van der Waals surface area contributed by atoms with E-state index in [4.69, 9.17) is 4.65 Å². The summed E-state index contributed by atoms with van der Waals surface area (Å²) in [5.74, 6) is 0. The van der Waals surface area contributed by atoms with Crippen molar-refractivity contribution in [1.29, 1.82) is 0 Å². The molecule has 0 unspecified atom stereocenters. The molecule has 1 aliphatic rings. The first-order valence-electron chi connectivity index (χ1n) is 10.8. The third kappa shape index (κ3) is 3.79. The Hall–Kier alpha value is -2.56. The smallest absolute Gasteiger partial charge is 0.330 e. The van der Waals surface area contributed by atoms with Crippen LogP contribution in [-0.2, 0) is 10.1 Å². The normalized spacial score (nSPS) is 15.3. The van der Waals surface area contributed by atoms with E-state index in [1.165, 1.54) is 22.5 Å². The van der Waals surface area contributed by atoms with Gasteiger partial charge in [0.2, 0.25) is 0 Å². The lowest BCUT2D eigenvalue weighted by Gasteiger charge is -2.42. The number of para-hydroxylation sites is 2. The predicted octanol–water partition coefficient (Wildman–Crippen LogP) is 5.61. The van der Waals surface area contributed by atoms with Crippen molar-refractivity contribution >= 4 is 30.0 Å². The molecule has 0 bridgehead atoms. The zero-order valence-corrected chi connectivity index (χ0v) is 19.3. The molecular formula is C27H31BNO2. The SMILES string of the molecule is CC1(C)c2ccccc2N(c2ccc([B]OC(C)(C)C(C)(C)O)cc2)c2ccccc21. The highest BCUT2D eigenvalue weighted by Crippen LogP contribution is 2.51. The van der Waals surface area contributed by atoms with Crippen molar-refractivity contribution in [3.05, 3.63) is 83.9 Å². The molecule has 3 aromatic carbocycles. The van der Waals surface area contributed by atoms with E-state index in [1.54, 1.807) is 21.3 Å². The van der Waals surface area contributed by atoms with Gasteiger partial charge >= 0.3 is 7.48 Å². The van der Waals surface area contributed by atoms with Crippen molar-refractivity contribution in [3.63, 3.8) is 0 Å². The van der Waals surface area contributed by atoms with E-state index in [9.17, 15) is 5.11 Å². The highest BCUT2D eigenvalue weighted by molar-refractivity contribution is 6.47. The Bertz CT molecular complexity index is 1030. The summed E-state index contributed by atoms with van der Waals surface area (Å²) in [5, 5.41) is 10.3. The Kier molecular flexibility index (Phi) is 5.27. The summed E-state index contributed by atoms with van der Waals surface area (Å²) in [7, 11) is 1.73. The molecule has 0 aromatic heterocycles. The van der Waals surface area contributed by atoms with Crippen LogP contribution in [0, 0.1) is 0 Å². The lowest BCUT2D eigenvalue weighted by atomic mass is 9.73. The van der Waals surface area contributed by atoms with Crippen molar-refractivity contribution in [2.24, 2.45) is 0 Å². The Balaban J connectivity index is 1.68. The van der Waals surface area contributed by atoms with Gasteiger partial charge in [0.05, 0.1) is 22.6 Å². The molecule has 0 fully saturated rings. The molecule has 1 heterocycles. The average molecular weight is 412 g/mol. The number of rotatable bonds is 5. The minimum Gasteiger partial charge on any atom is -0.427 e. The molecule has 3 nitrogen and oxygen atoms in total. The fourth-order valence-corrected chi connectivity index (χ4v) is 4.01. The van der Waals surface area contributed by atoms with Gasteiger partial charge in [0.1, 0.15) is 0 Å². The van der Waals surface area contributed by atoms with Gasteiger partial charge in [-0.05, 0) is 63.1 Å². The average Bonchev–Trinajstić information content (AvgIpc) is 2.73. The Morgan fingerprint density at radius 1 is 0.774 bits per heavy atom. The summed E-state index contributed by atoms with van der Waals surface area (Å²) in [4.78, 5) is 2.33. The molecule has 1 aliphatic heterocycles. The quantitative estimate of drug-likeness (QED) is 0.554. The molecule has 159 valence electrons. The van der Waals surface area contributed by atoms with Gasteiger partial charge in [-0.25, -0.2) is 0 Å². The highest BCUT2D eigenvalue weighted by atomic mass is 16.5. The van der Waals surface area contributed by atoms with Crippen LogP contribution in [0.2, 0.25) is 0 Å². The van der Waals surface area contributed by atoms with E-state index in [0.29, 0.717) is 0 Å². The van der Waals surface area contributed by atoms with Crippen LogP contribution in [0.15, 0.2) is 72.8 Å². The lowest BCUT2D eigenvalue weighted by Crippen LogP contribution is -2.49. The Morgan fingerprint density at radius 2 is 1.26 bits per heavy atom. The number of hydrogen-bond acceptors (Lipinski definition) is 3. The molecule has 31 heavy (non-hydrogen) atoms. The van der Waals surface area contributed by atoms with Crippen LogP contribution >= 0.6 is 0 Å². The first-order valence-corrected chi connectivity index (χ1v) is 10.8. The second kappa shape index (κ2) is 7.54. The minimum absolute atomic E-state index is 0.0616. The Labute approximate surface area is 187 Å². The first-order chi connectivity index (χ1) is 14.5. The van der Waals surface area contributed by atoms with Crippen LogP contribution < -0.4 is 10.4 Å². The summed E-state index contributed by atoms with van der Waals surface area (Å²) >= 11 is 0. The van der Waals surface area contributed by atoms with Crippen LogP contribution in [-0.4, -0.2) is 23.8 Å². The van der Waals surface area contributed by atoms with Gasteiger partial charge < -0.3 is 14.7 Å². The van der Waals surface area contributed by atoms with Crippen LogP contribution in [0.5, 0.6) is 0 Å². The zero-order chi connectivity index (χ0) is 22.4. The monoisotopic (exact) mass is 412 g/mol. The Morgan fingerprint density at radius 3 is 1.74 bits per heavy atom. The van der Waals surface area contributed by atoms with Crippen molar-refractivity contribution in [2.75, 3.05) is 4.90 Å². The summed E-state index contributed by atoms with van der Waals surface area (Å²) < 4.78 is 5.92. The molecule has 4 rings (SSSR count). The van der Waals surface area contributed by atoms with Gasteiger partial charge in [0.15, 0.2) is 0 Å². The molecule has 3 aromatic rings. The molecule has 0 aliphatic carbocycles. The third-order valence-corrected chi connectivity index (χ3v) is 6.75. The predicted molar refractivity (Wildman–Crippen MR) is 130 cm³/mol. The number of aliphatic hydroxyl groups is 1. The van der Waals surface area contributed by atoms with Gasteiger partial charge in [0, 0.05) is 11.1 Å². The second-order valence-electron chi connectivity index (χ2n) is 9.89. The largest absolute Gasteiger partial charge is 0.427 e. The molecule has 0 saturated heterocycles. The van der Waals surface area contributed by atoms with Gasteiger partial charge in [-0.15, -0.1) is 0 Å². The summed E-state index contributed by atoms with van der Waals surface area (Å²) in [6.07, 6.45) is 0. The molecule has 1 radical (unpaired) electrons. The van der Waals surface area contributed by atoms with Crippen molar-refractivity contribution < 1.29 is 9.76 Å². The maximum atomic E-state index is 10.3. The minimum atomic E-state index is -0.947. The first kappa shape index (κ1) is 21.7. The van der Waals surface area contributed by atoms with Crippen molar-refractivity contribution in [1.82, 2.24) is 0 Å². The van der Waals surface area contributed by atoms with Crippen molar-refractivity contribution in [2.45, 2.75) is 58.2 Å². The number of hydrogen-bond donors (Lipinski definition) is 1. The topological polar surface area (TPSA) is 32.7 Å². The second-order valence-corrected chi connectivity index (χ2v) is 9.89. The number of nitrogens with zero attached hydrogens (tertiary/aromatic N) is 1. The molecule has 1 N–H and O–H groups in total. The van der Waals surface area contributed by atoms with Crippen molar-refractivity contribution in [3.8, 4) is 0 Å². The van der Waals surface area contributed by atoms with Crippen LogP contribution in [0.25, 0.3) is 0 Å². The summed E-state index contributed by atoms with van der Waals surface area (Å²) in [6.45, 7) is 11.9. The summed E-state index contributed by atoms with van der Waals surface area (Å²) in [5.41, 5.74) is 5.42. The molecule has 0 saturated carbocycles. The number of anilines is 3. The molecular weight excluding hydrogens is 381 g/mol. The molecule has 4 heteroatoms. The van der Waals surface area contributed by atoms with E-state index >= 15 is 0 Å². The van der Waals surface area contributed by atoms with E-state index in [0.717, 1.165) is 11.2 Å². The van der Waals surface area contributed by atoms with E-state index in [-0.39, 0.29) is 5.41 Å². The van der Waals surface area contributed by atoms with Gasteiger partial charge in [-0.2, -0.15) is 0 Å². The van der Waals surface area contributed by atoms with E-state index in [1.807, 2.05) is 13.8 Å². The number of fused-ring (bicyclic) bond motifs is 2. The highest BCUT2D eigenvalue weighted by Gasteiger charge is 2.37. The summed E-state index contributed by atoms with van der Waals surface area (Å²) in [6, 6.07) is 25.6.